The number of nitrogens with zero attached hydrogens (tertiary/aromatic N) is 4. The Kier molecular flexibility index (Phi) is 19.8. The number of halogens is 12. The number of aromatic nitrogens is 2. The zero-order valence-electron chi connectivity index (χ0n) is 53.6. The number of ether oxygens (including phenoxy) is 2. The highest BCUT2D eigenvalue weighted by Crippen LogP contribution is 2.45. The monoisotopic (exact) mass is 1400 g/mol. The number of alkyl halides is 10. The van der Waals surface area contributed by atoms with Crippen LogP contribution in [0.5, 0.6) is 23.0 Å². The second-order valence-corrected chi connectivity index (χ2v) is 25.1. The van der Waals surface area contributed by atoms with Crippen molar-refractivity contribution in [3.63, 3.8) is 0 Å². The Morgan fingerprint density at radius 2 is 1.03 bits per heavy atom. The van der Waals surface area contributed by atoms with Crippen LogP contribution in [0.15, 0.2) is 137 Å². The topological polar surface area (TPSA) is 202 Å². The molecule has 5 heterocycles. The third kappa shape index (κ3) is 15.2. The van der Waals surface area contributed by atoms with Crippen LogP contribution in [0.2, 0.25) is 0 Å². The minimum Gasteiger partial charge on any atom is -0.481 e. The van der Waals surface area contributed by atoms with E-state index in [4.69, 9.17) is 9.47 Å². The van der Waals surface area contributed by atoms with Crippen LogP contribution in [-0.4, -0.2) is 98.8 Å². The van der Waals surface area contributed by atoms with E-state index in [1.165, 1.54) is 78.4 Å². The molecule has 3 aliphatic heterocycles. The van der Waals surface area contributed by atoms with Crippen molar-refractivity contribution in [3.8, 4) is 45.3 Å². The number of fused-ring (bicyclic) bond motifs is 12. The Balaban J connectivity index is 0.963. The summed E-state index contributed by atoms with van der Waals surface area (Å²) in [5.74, 6) is -8.24. The lowest BCUT2D eigenvalue weighted by molar-refractivity contribution is -0.139. The largest absolute Gasteiger partial charge is 0.481 e. The van der Waals surface area contributed by atoms with Gasteiger partial charge < -0.3 is 35.2 Å². The van der Waals surface area contributed by atoms with Gasteiger partial charge in [0.2, 0.25) is 11.8 Å². The van der Waals surface area contributed by atoms with Gasteiger partial charge in [-0.2, -0.15) is 39.5 Å². The Morgan fingerprint density at radius 1 is 0.550 bits per heavy atom. The van der Waals surface area contributed by atoms with Gasteiger partial charge in [0.1, 0.15) is 52.9 Å². The van der Waals surface area contributed by atoms with Crippen molar-refractivity contribution in [1.82, 2.24) is 29.6 Å². The van der Waals surface area contributed by atoms with Gasteiger partial charge in [-0.05, 0) is 169 Å². The highest BCUT2D eigenvalue weighted by atomic mass is 19.4. The van der Waals surface area contributed by atoms with Crippen molar-refractivity contribution in [2.24, 2.45) is 0 Å². The standard InChI is InChI=1S/C72H62F12N6O10/c1-36-8-5-12-56-62(36)43-20-38(3)64(74)50(25-43)54(30-60(93)94)85-68(97)66(40-10-7-11-48(23-40)99-56)89-32-41(52(28-58(89)91)71(79,80)81)15-18-87(4)17-14-39-21-44-26-51(65(39)75)55(31-61(95)96)86-69(98)67(90-33-42(16-19-88-34-47(73)35-88)53(29-59(90)92)72(82,83)84)45-22-46(70(76,77)78)27-49(24-45)100-57-13-6-9-37(2)63(44)57/h5-13,20-29,32-33,47,54-55,66-67H,14-19,30-31,34-35H2,1-4H3,(H,85,97)(H,86,98)(H,93,94)(H,95,96)/t54-,55-,66-,67-/m0/s1. The lowest BCUT2D eigenvalue weighted by atomic mass is 9.90. The average molecular weight is 1400 g/mol. The lowest BCUT2D eigenvalue weighted by Gasteiger charge is -2.34. The smallest absolute Gasteiger partial charge is 0.416 e. The molecule has 1 fully saturated rings. The normalized spacial score (nSPS) is 17.4. The Hall–Kier alpha value is -10.2. The molecule has 524 valence electrons. The molecule has 4 N–H and O–H groups in total. The fraction of sp³-hybridized carbons (Fsp3) is 0.306. The molecule has 16 nitrogen and oxygen atoms in total. The number of hydrogen-bond acceptors (Lipinski definition) is 10. The summed E-state index contributed by atoms with van der Waals surface area (Å²) in [7, 11) is 1.44. The number of carboxylic acids is 2. The molecule has 0 unspecified atom stereocenters. The predicted molar refractivity (Wildman–Crippen MR) is 340 cm³/mol. The third-order valence-electron chi connectivity index (χ3n) is 18.0. The maximum atomic E-state index is 17.8. The van der Waals surface area contributed by atoms with Crippen LogP contribution in [0.3, 0.4) is 0 Å². The average Bonchev–Trinajstić information content (AvgIpc) is 1.42. The molecule has 0 spiro atoms. The van der Waals surface area contributed by atoms with Gasteiger partial charge in [0.25, 0.3) is 11.1 Å². The molecular formula is C72H62F12N6O10. The van der Waals surface area contributed by atoms with Gasteiger partial charge in [-0.1, -0.05) is 36.4 Å². The van der Waals surface area contributed by atoms with Gasteiger partial charge >= 0.3 is 30.5 Å². The molecule has 8 bridgehead atoms. The number of likely N-dealkylation sites (tertiary alicyclic amines) is 1. The fourth-order valence-electron chi connectivity index (χ4n) is 13.1. The molecule has 28 heteroatoms. The van der Waals surface area contributed by atoms with Crippen LogP contribution in [-0.2, 0) is 57.0 Å². The van der Waals surface area contributed by atoms with Crippen LogP contribution < -0.4 is 31.2 Å². The second kappa shape index (κ2) is 27.8. The predicted octanol–water partition coefficient (Wildman–Crippen LogP) is 13.6. The number of carbonyl (C=O) groups is 4. The summed E-state index contributed by atoms with van der Waals surface area (Å²) in [4.78, 5) is 86.7. The molecule has 4 atom stereocenters. The first-order chi connectivity index (χ1) is 47.1. The maximum Gasteiger partial charge on any atom is 0.416 e. The van der Waals surface area contributed by atoms with Gasteiger partial charge in [-0.15, -0.1) is 0 Å². The second-order valence-electron chi connectivity index (χ2n) is 25.1. The van der Waals surface area contributed by atoms with E-state index < -0.39 is 166 Å². The summed E-state index contributed by atoms with van der Waals surface area (Å²) >= 11 is 0. The Bertz CT molecular complexity index is 4700. The van der Waals surface area contributed by atoms with Crippen molar-refractivity contribution < 1.29 is 91.5 Å². The number of benzene rings is 6. The summed E-state index contributed by atoms with van der Waals surface area (Å²) in [6, 6.07) is 15.0. The van der Waals surface area contributed by atoms with Crippen molar-refractivity contribution in [1.29, 1.82) is 0 Å². The number of nitrogens with one attached hydrogen (secondary N) is 2. The Labute approximate surface area is 562 Å². The van der Waals surface area contributed by atoms with E-state index in [1.807, 2.05) is 0 Å². The zero-order valence-corrected chi connectivity index (χ0v) is 53.6. The van der Waals surface area contributed by atoms with Crippen molar-refractivity contribution >= 4 is 23.8 Å². The summed E-state index contributed by atoms with van der Waals surface area (Å²) < 4.78 is 197. The number of aryl methyl sites for hydroxylation is 3. The van der Waals surface area contributed by atoms with Gasteiger partial charge in [0.05, 0.1) is 41.6 Å². The number of amides is 2. The number of aliphatic carboxylic acids is 2. The molecule has 8 aromatic rings. The van der Waals surface area contributed by atoms with Gasteiger partial charge in [0, 0.05) is 79.5 Å². The van der Waals surface area contributed by atoms with Crippen LogP contribution >= 0.6 is 0 Å². The Morgan fingerprint density at radius 3 is 1.55 bits per heavy atom. The first kappa shape index (κ1) is 71.1. The number of hydrogen-bond donors (Lipinski definition) is 4. The lowest BCUT2D eigenvalue weighted by Crippen LogP contribution is -2.49. The summed E-state index contributed by atoms with van der Waals surface area (Å²) in [5, 5.41) is 25.5. The zero-order chi connectivity index (χ0) is 72.2. The number of likely N-dealkylation sites (N-methyl/N-ethyl adjacent to an activating group) is 1. The molecule has 2 aromatic heterocycles. The van der Waals surface area contributed by atoms with E-state index in [0.717, 1.165) is 22.9 Å². The van der Waals surface area contributed by atoms with E-state index in [1.54, 1.807) is 38.1 Å². The van der Waals surface area contributed by atoms with E-state index >= 15 is 39.9 Å². The van der Waals surface area contributed by atoms with Crippen LogP contribution in [0.25, 0.3) is 22.3 Å². The van der Waals surface area contributed by atoms with E-state index in [9.17, 15) is 51.7 Å². The number of pyridine rings is 2. The molecule has 0 radical (unpaired) electrons. The van der Waals surface area contributed by atoms with Crippen molar-refractivity contribution in [3.05, 3.63) is 232 Å². The number of carboxylic acid groups (broad SMARTS) is 2. The van der Waals surface area contributed by atoms with E-state index in [0.29, 0.717) is 45.2 Å². The van der Waals surface area contributed by atoms with E-state index in [2.05, 4.69) is 10.6 Å². The minimum absolute atomic E-state index is 0.0297. The van der Waals surface area contributed by atoms with Crippen molar-refractivity contribution in [2.75, 3.05) is 39.8 Å². The van der Waals surface area contributed by atoms with Gasteiger partial charge in [-0.25, -0.2) is 13.2 Å². The molecule has 1 saturated heterocycles. The molecule has 100 heavy (non-hydrogen) atoms. The molecular weight excluding hydrogens is 1340 g/mol. The quantitative estimate of drug-likeness (QED) is 0.0709. The first-order valence-electron chi connectivity index (χ1n) is 31.3. The summed E-state index contributed by atoms with van der Waals surface area (Å²) in [6.45, 7) is 3.78. The van der Waals surface area contributed by atoms with Crippen molar-refractivity contribution in [2.45, 2.75) is 102 Å². The van der Waals surface area contributed by atoms with Gasteiger partial charge in [0.15, 0.2) is 0 Å². The molecule has 2 amide bonds. The number of carbonyl (C=O) groups excluding carboxylic acids is 2. The number of rotatable bonds is 15. The van der Waals surface area contributed by atoms with Crippen LogP contribution in [0.1, 0.15) is 109 Å². The SMILES string of the molecule is Cc1cc2cc(c1F)[C@H](CC(=O)O)NC(=O)[C@@H](n1cc(CCN(C)CCc3cc4cc(c3F)[C@H](CC(=O)O)NC(=O)[C@@H](n3cc(CCN5CC(F)C5)c(C(F)(F)F)cc3=O)c3cc(cc(C(F)(F)F)c3)Oc3cccc(C)c3-4)c(C(F)(F)F)cc1=O)c1cccc(c1)Oc1cccc(C)c1-2. The molecule has 0 aliphatic carbocycles. The summed E-state index contributed by atoms with van der Waals surface area (Å²) in [6.07, 6.45) is -18.9. The van der Waals surface area contributed by atoms with E-state index in [-0.39, 0.29) is 102 Å². The molecule has 6 aromatic carbocycles. The molecule has 3 aliphatic rings. The van der Waals surface area contributed by atoms with Gasteiger partial charge in [-0.3, -0.25) is 42.8 Å². The van der Waals surface area contributed by atoms with Crippen LogP contribution in [0, 0.1) is 32.4 Å². The van der Waals surface area contributed by atoms with Crippen LogP contribution in [0.4, 0.5) is 52.7 Å². The first-order valence-corrected chi connectivity index (χ1v) is 31.3. The highest BCUT2D eigenvalue weighted by Gasteiger charge is 2.41. The maximum absolute atomic E-state index is 17.8. The summed E-state index contributed by atoms with van der Waals surface area (Å²) in [5.41, 5.74) is -8.04. The third-order valence-corrected chi connectivity index (χ3v) is 18.0. The highest BCUT2D eigenvalue weighted by molar-refractivity contribution is 5.87. The molecule has 0 saturated carbocycles. The molecule has 11 rings (SSSR count). The minimum atomic E-state index is -5.22. The fourth-order valence-corrected chi connectivity index (χ4v) is 13.1.